The lowest BCUT2D eigenvalue weighted by Gasteiger charge is -2.17. The van der Waals surface area contributed by atoms with Gasteiger partial charge < -0.3 is 8.98 Å². The topological polar surface area (TPSA) is 94.1 Å². The Kier molecular flexibility index (Phi) is 6.68. The van der Waals surface area contributed by atoms with Crippen molar-refractivity contribution in [2.45, 2.75) is 73.8 Å². The maximum atomic E-state index is 12.5. The molecule has 3 aromatic rings. The van der Waals surface area contributed by atoms with Gasteiger partial charge in [0.1, 0.15) is 5.82 Å². The van der Waals surface area contributed by atoms with E-state index in [4.69, 9.17) is 9.40 Å². The van der Waals surface area contributed by atoms with Crippen molar-refractivity contribution in [2.24, 2.45) is 0 Å². The highest BCUT2D eigenvalue weighted by Crippen LogP contribution is 2.33. The van der Waals surface area contributed by atoms with Crippen molar-refractivity contribution in [2.75, 3.05) is 14.1 Å². The van der Waals surface area contributed by atoms with E-state index >= 15 is 0 Å². The quantitative estimate of drug-likeness (QED) is 0.456. The molecule has 0 spiro atoms. The first kappa shape index (κ1) is 22.3. The Hall–Kier alpha value is -1.91. The van der Waals surface area contributed by atoms with E-state index in [9.17, 15) is 8.42 Å². The van der Waals surface area contributed by atoms with Crippen molar-refractivity contribution in [3.63, 3.8) is 0 Å². The molecule has 0 atom stereocenters. The lowest BCUT2D eigenvalue weighted by molar-refractivity contribution is 0.334. The molecule has 2 heterocycles. The highest BCUT2D eigenvalue weighted by atomic mass is 32.2. The van der Waals surface area contributed by atoms with Gasteiger partial charge in [-0.15, -0.1) is 10.2 Å². The van der Waals surface area contributed by atoms with E-state index < -0.39 is 10.0 Å². The van der Waals surface area contributed by atoms with Crippen LogP contribution in [0.3, 0.4) is 0 Å². The van der Waals surface area contributed by atoms with Gasteiger partial charge in [-0.1, -0.05) is 37.9 Å². The molecule has 1 aromatic carbocycles. The zero-order valence-electron chi connectivity index (χ0n) is 18.2. The number of thioether (sulfide) groups is 1. The van der Waals surface area contributed by atoms with Crippen LogP contribution < -0.4 is 0 Å². The molecule has 1 aliphatic rings. The number of hydrogen-bond acceptors (Lipinski definition) is 7. The summed E-state index contributed by atoms with van der Waals surface area (Å²) in [6, 6.07) is 5.15. The highest BCUT2D eigenvalue weighted by Gasteiger charge is 2.22. The summed E-state index contributed by atoms with van der Waals surface area (Å²) in [7, 11) is -0.440. The summed E-state index contributed by atoms with van der Waals surface area (Å²) in [5, 5.41) is 9.06. The summed E-state index contributed by atoms with van der Waals surface area (Å²) in [6.07, 6.45) is 6.93. The van der Waals surface area contributed by atoms with Crippen molar-refractivity contribution in [1.29, 1.82) is 0 Å². The SMILES string of the molecule is CCCn1c(CSc2nnc(C3CCCCC3)o2)nc2cc(S(=O)(=O)N(C)C)ccc21. The first-order valence-corrected chi connectivity index (χ1v) is 13.2. The van der Waals surface area contributed by atoms with Gasteiger partial charge in [-0.3, -0.25) is 0 Å². The van der Waals surface area contributed by atoms with Crippen molar-refractivity contribution in [3.8, 4) is 0 Å². The third kappa shape index (κ3) is 4.65. The molecule has 1 fully saturated rings. The summed E-state index contributed by atoms with van der Waals surface area (Å²) >= 11 is 1.48. The fourth-order valence-corrected chi connectivity index (χ4v) is 5.67. The van der Waals surface area contributed by atoms with Gasteiger partial charge in [0.2, 0.25) is 15.9 Å². The number of rotatable bonds is 8. The zero-order chi connectivity index (χ0) is 22.0. The summed E-state index contributed by atoms with van der Waals surface area (Å²) < 4.78 is 34.3. The van der Waals surface area contributed by atoms with Crippen LogP contribution in [0.5, 0.6) is 0 Å². The number of nitrogens with zero attached hydrogens (tertiary/aromatic N) is 5. The molecule has 8 nitrogen and oxygen atoms in total. The second kappa shape index (κ2) is 9.30. The van der Waals surface area contributed by atoms with Gasteiger partial charge in [-0.05, 0) is 37.5 Å². The Morgan fingerprint density at radius 1 is 1.19 bits per heavy atom. The molecule has 1 aliphatic carbocycles. The average molecular weight is 464 g/mol. The Morgan fingerprint density at radius 3 is 2.68 bits per heavy atom. The van der Waals surface area contributed by atoms with Crippen LogP contribution >= 0.6 is 11.8 Å². The molecule has 31 heavy (non-hydrogen) atoms. The molecule has 0 unspecified atom stereocenters. The van der Waals surface area contributed by atoms with Gasteiger partial charge in [-0.25, -0.2) is 17.7 Å². The van der Waals surface area contributed by atoms with Crippen LogP contribution in [0.4, 0.5) is 0 Å². The predicted octanol–water partition coefficient (Wildman–Crippen LogP) is 4.42. The number of sulfonamides is 1. The molecule has 168 valence electrons. The summed E-state index contributed by atoms with van der Waals surface area (Å²) in [5.74, 6) is 2.59. The number of fused-ring (bicyclic) bond motifs is 1. The molecule has 0 bridgehead atoms. The van der Waals surface area contributed by atoms with E-state index in [1.54, 1.807) is 12.1 Å². The lowest BCUT2D eigenvalue weighted by atomic mass is 9.89. The first-order valence-electron chi connectivity index (χ1n) is 10.8. The fourth-order valence-electron chi connectivity index (χ4n) is 4.03. The van der Waals surface area contributed by atoms with Crippen molar-refractivity contribution in [1.82, 2.24) is 24.1 Å². The van der Waals surface area contributed by atoms with Crippen LogP contribution in [-0.2, 0) is 22.3 Å². The molecule has 0 saturated heterocycles. The molecule has 10 heteroatoms. The van der Waals surface area contributed by atoms with Crippen molar-refractivity contribution >= 4 is 32.8 Å². The second-order valence-electron chi connectivity index (χ2n) is 8.15. The number of hydrogen-bond donors (Lipinski definition) is 0. The van der Waals surface area contributed by atoms with Crippen molar-refractivity contribution < 1.29 is 12.8 Å². The van der Waals surface area contributed by atoms with Gasteiger partial charge in [0.15, 0.2) is 0 Å². The molecule has 0 radical (unpaired) electrons. The third-order valence-corrected chi connectivity index (χ3v) is 8.35. The van der Waals surface area contributed by atoms with E-state index in [2.05, 4.69) is 21.7 Å². The zero-order valence-corrected chi connectivity index (χ0v) is 19.9. The minimum Gasteiger partial charge on any atom is -0.416 e. The first-order chi connectivity index (χ1) is 14.9. The molecule has 4 rings (SSSR count). The average Bonchev–Trinajstić information content (AvgIpc) is 3.37. The lowest BCUT2D eigenvalue weighted by Crippen LogP contribution is -2.22. The van der Waals surface area contributed by atoms with E-state index in [1.165, 1.54) is 49.4 Å². The largest absolute Gasteiger partial charge is 0.416 e. The number of aryl methyl sites for hydroxylation is 1. The van der Waals surface area contributed by atoms with Crippen LogP contribution in [0.1, 0.15) is 63.1 Å². The summed E-state index contributed by atoms with van der Waals surface area (Å²) in [4.78, 5) is 5.00. The second-order valence-corrected chi connectivity index (χ2v) is 11.2. The van der Waals surface area contributed by atoms with Crippen LogP contribution in [0.15, 0.2) is 32.7 Å². The van der Waals surface area contributed by atoms with Crippen LogP contribution in [0, 0.1) is 0 Å². The van der Waals surface area contributed by atoms with E-state index in [-0.39, 0.29) is 4.90 Å². The number of aromatic nitrogens is 4. The Morgan fingerprint density at radius 2 is 1.97 bits per heavy atom. The van der Waals surface area contributed by atoms with Gasteiger partial charge >= 0.3 is 0 Å². The Bertz CT molecular complexity index is 1150. The van der Waals surface area contributed by atoms with Crippen LogP contribution in [0.25, 0.3) is 11.0 Å². The molecular formula is C21H29N5O3S2. The van der Waals surface area contributed by atoms with E-state index in [0.717, 1.165) is 43.0 Å². The van der Waals surface area contributed by atoms with Crippen LogP contribution in [-0.4, -0.2) is 46.6 Å². The Labute approximate surface area is 187 Å². The normalized spacial score (nSPS) is 15.9. The van der Waals surface area contributed by atoms with Gasteiger partial charge in [0.05, 0.1) is 21.7 Å². The summed E-state index contributed by atoms with van der Waals surface area (Å²) in [6.45, 7) is 2.92. The highest BCUT2D eigenvalue weighted by molar-refractivity contribution is 7.98. The summed E-state index contributed by atoms with van der Waals surface area (Å²) in [5.41, 5.74) is 1.61. The Balaban J connectivity index is 1.56. The molecule has 0 amide bonds. The predicted molar refractivity (Wildman–Crippen MR) is 121 cm³/mol. The van der Waals surface area contributed by atoms with Gasteiger partial charge in [-0.2, -0.15) is 0 Å². The maximum Gasteiger partial charge on any atom is 0.277 e. The molecule has 1 saturated carbocycles. The number of imidazole rings is 1. The molecule has 0 N–H and O–H groups in total. The molecule has 0 aliphatic heterocycles. The van der Waals surface area contributed by atoms with Crippen LogP contribution in [0.2, 0.25) is 0 Å². The number of benzene rings is 1. The van der Waals surface area contributed by atoms with Crippen molar-refractivity contribution in [3.05, 3.63) is 29.9 Å². The smallest absolute Gasteiger partial charge is 0.277 e. The molecular weight excluding hydrogens is 434 g/mol. The minimum absolute atomic E-state index is 0.249. The monoisotopic (exact) mass is 463 g/mol. The minimum atomic E-state index is -3.50. The third-order valence-electron chi connectivity index (χ3n) is 5.73. The van der Waals surface area contributed by atoms with Gasteiger partial charge in [0, 0.05) is 26.6 Å². The van der Waals surface area contributed by atoms with E-state index in [0.29, 0.717) is 22.4 Å². The van der Waals surface area contributed by atoms with E-state index in [1.807, 2.05) is 6.07 Å². The standard InChI is InChI=1S/C21H29N5O3S2/c1-4-12-26-18-11-10-16(31(27,28)25(2)3)13-17(18)22-19(26)14-30-21-24-23-20(29-21)15-8-6-5-7-9-15/h10-11,13,15H,4-9,12,14H2,1-3H3. The van der Waals surface area contributed by atoms with Gasteiger partial charge in [0.25, 0.3) is 5.22 Å². The molecule has 2 aromatic heterocycles. The fraction of sp³-hybridized carbons (Fsp3) is 0.571. The maximum absolute atomic E-state index is 12.5.